The lowest BCUT2D eigenvalue weighted by molar-refractivity contribution is 0.0939. The van der Waals surface area contributed by atoms with Crippen molar-refractivity contribution in [2.24, 2.45) is 0 Å². The van der Waals surface area contributed by atoms with E-state index in [4.69, 9.17) is 0 Å². The van der Waals surface area contributed by atoms with E-state index in [1.807, 2.05) is 32.0 Å². The molecule has 3 heteroatoms. The molecule has 1 heterocycles. The number of hydrogen-bond donors (Lipinski definition) is 2. The molecule has 2 rings (SSSR count). The van der Waals surface area contributed by atoms with Gasteiger partial charge in [-0.2, -0.15) is 0 Å². The van der Waals surface area contributed by atoms with Gasteiger partial charge in [-0.1, -0.05) is 12.1 Å². The predicted octanol–water partition coefficient (Wildman–Crippen LogP) is 1.50. The second-order valence-corrected chi connectivity index (χ2v) is 3.34. The molecule has 0 aromatic heterocycles. The van der Waals surface area contributed by atoms with Crippen molar-refractivity contribution in [3.05, 3.63) is 29.3 Å². The van der Waals surface area contributed by atoms with Gasteiger partial charge in [-0.25, -0.2) is 0 Å². The minimum Gasteiger partial charge on any atom is -0.365 e. The van der Waals surface area contributed by atoms with Crippen LogP contribution in [-0.2, 0) is 0 Å². The van der Waals surface area contributed by atoms with Crippen LogP contribution in [-0.4, -0.2) is 12.1 Å². The van der Waals surface area contributed by atoms with E-state index >= 15 is 0 Å². The van der Waals surface area contributed by atoms with Gasteiger partial charge in [0.1, 0.15) is 0 Å². The molecule has 1 atom stereocenters. The fourth-order valence-electron chi connectivity index (χ4n) is 1.58. The molecule has 1 unspecified atom stereocenters. The van der Waals surface area contributed by atoms with Crippen LogP contribution in [0.3, 0.4) is 0 Å². The van der Waals surface area contributed by atoms with Crippen LogP contribution < -0.4 is 10.6 Å². The van der Waals surface area contributed by atoms with Crippen molar-refractivity contribution in [2.75, 3.05) is 5.32 Å². The number of benzene rings is 1. The monoisotopic (exact) mass is 176 g/mol. The summed E-state index contributed by atoms with van der Waals surface area (Å²) in [6, 6.07) is 5.72. The lowest BCUT2D eigenvalue weighted by atomic mass is 10.1. The van der Waals surface area contributed by atoms with Crippen molar-refractivity contribution < 1.29 is 4.79 Å². The Kier molecular flexibility index (Phi) is 1.72. The summed E-state index contributed by atoms with van der Waals surface area (Å²) in [6.07, 6.45) is 0.0149. The third kappa shape index (κ3) is 1.26. The number of nitrogens with one attached hydrogen (secondary N) is 2. The van der Waals surface area contributed by atoms with Gasteiger partial charge in [-0.3, -0.25) is 4.79 Å². The Hall–Kier alpha value is -1.51. The second-order valence-electron chi connectivity index (χ2n) is 3.34. The lowest BCUT2D eigenvalue weighted by Crippen LogP contribution is -2.43. The molecule has 2 N–H and O–H groups in total. The van der Waals surface area contributed by atoms with Crippen molar-refractivity contribution in [2.45, 2.75) is 20.0 Å². The van der Waals surface area contributed by atoms with Crippen molar-refractivity contribution in [3.63, 3.8) is 0 Å². The maximum Gasteiger partial charge on any atom is 0.254 e. The summed E-state index contributed by atoms with van der Waals surface area (Å²) in [7, 11) is 0. The Balaban J connectivity index is 2.55. The Morgan fingerprint density at radius 2 is 2.08 bits per heavy atom. The summed E-state index contributed by atoms with van der Waals surface area (Å²) in [4.78, 5) is 11.5. The number of anilines is 1. The molecule has 68 valence electrons. The molecule has 0 saturated carbocycles. The van der Waals surface area contributed by atoms with E-state index in [0.29, 0.717) is 0 Å². The van der Waals surface area contributed by atoms with Gasteiger partial charge in [-0.15, -0.1) is 0 Å². The number of hydrogen-bond acceptors (Lipinski definition) is 2. The van der Waals surface area contributed by atoms with Gasteiger partial charge in [0.05, 0.1) is 17.4 Å². The molecule has 0 saturated heterocycles. The molecule has 1 aliphatic heterocycles. The van der Waals surface area contributed by atoms with Gasteiger partial charge in [0, 0.05) is 0 Å². The Morgan fingerprint density at radius 1 is 1.31 bits per heavy atom. The molecule has 3 nitrogen and oxygen atoms in total. The quantitative estimate of drug-likeness (QED) is 0.629. The second kappa shape index (κ2) is 2.76. The van der Waals surface area contributed by atoms with Gasteiger partial charge in [0.25, 0.3) is 5.91 Å². The lowest BCUT2D eigenvalue weighted by Gasteiger charge is -2.26. The average molecular weight is 176 g/mol. The van der Waals surface area contributed by atoms with Gasteiger partial charge in [0.15, 0.2) is 0 Å². The zero-order valence-corrected chi connectivity index (χ0v) is 7.72. The molecule has 0 aliphatic carbocycles. The molecule has 1 amide bonds. The molecule has 0 fully saturated rings. The number of aryl methyl sites for hydroxylation is 1. The standard InChI is InChI=1S/C10H12N2O/c1-6-4-3-5-8-9(6)11-7(2)12-10(8)13/h3-5,7,11H,1-2H3,(H,12,13). The van der Waals surface area contributed by atoms with E-state index in [2.05, 4.69) is 10.6 Å². The first kappa shape index (κ1) is 8.10. The molecule has 0 spiro atoms. The molecule has 13 heavy (non-hydrogen) atoms. The van der Waals surface area contributed by atoms with Crippen molar-refractivity contribution in [3.8, 4) is 0 Å². The number of carbonyl (C=O) groups excluding carboxylic acids is 1. The minimum atomic E-state index is 0.00458. The summed E-state index contributed by atoms with van der Waals surface area (Å²) in [5, 5.41) is 6.04. The van der Waals surface area contributed by atoms with Gasteiger partial charge >= 0.3 is 0 Å². The van der Waals surface area contributed by atoms with Crippen molar-refractivity contribution >= 4 is 11.6 Å². The summed E-state index contributed by atoms with van der Waals surface area (Å²) in [6.45, 7) is 3.92. The van der Waals surface area contributed by atoms with Crippen LogP contribution in [0.1, 0.15) is 22.8 Å². The third-order valence-electron chi connectivity index (χ3n) is 2.23. The first-order valence-electron chi connectivity index (χ1n) is 4.35. The molecule has 1 aliphatic rings. The summed E-state index contributed by atoms with van der Waals surface area (Å²) < 4.78 is 0. The number of rotatable bonds is 0. The number of para-hydroxylation sites is 1. The largest absolute Gasteiger partial charge is 0.365 e. The van der Waals surface area contributed by atoms with Crippen LogP contribution in [0.5, 0.6) is 0 Å². The smallest absolute Gasteiger partial charge is 0.254 e. The van der Waals surface area contributed by atoms with E-state index in [9.17, 15) is 4.79 Å². The van der Waals surface area contributed by atoms with E-state index in [1.165, 1.54) is 0 Å². The average Bonchev–Trinajstić information content (AvgIpc) is 2.07. The highest BCUT2D eigenvalue weighted by atomic mass is 16.2. The van der Waals surface area contributed by atoms with Gasteiger partial charge in [0.2, 0.25) is 0 Å². The zero-order valence-electron chi connectivity index (χ0n) is 7.72. The van der Waals surface area contributed by atoms with Crippen LogP contribution in [0.25, 0.3) is 0 Å². The Labute approximate surface area is 77.1 Å². The molecule has 1 aromatic carbocycles. The van der Waals surface area contributed by atoms with Crippen molar-refractivity contribution in [1.82, 2.24) is 5.32 Å². The molecule has 1 aromatic rings. The number of fused-ring (bicyclic) bond motifs is 1. The van der Waals surface area contributed by atoms with Crippen LogP contribution in [0.15, 0.2) is 18.2 Å². The van der Waals surface area contributed by atoms with Gasteiger partial charge < -0.3 is 10.6 Å². The minimum absolute atomic E-state index is 0.00458. The van der Waals surface area contributed by atoms with Crippen LogP contribution in [0.4, 0.5) is 5.69 Å². The zero-order chi connectivity index (χ0) is 9.42. The molecule has 0 bridgehead atoms. The Bertz CT molecular complexity index is 360. The fraction of sp³-hybridized carbons (Fsp3) is 0.300. The molecule has 0 radical (unpaired) electrons. The number of carbonyl (C=O) groups is 1. The third-order valence-corrected chi connectivity index (χ3v) is 2.23. The molecular weight excluding hydrogens is 164 g/mol. The summed E-state index contributed by atoms with van der Waals surface area (Å²) >= 11 is 0. The normalized spacial score (nSPS) is 20.2. The van der Waals surface area contributed by atoms with E-state index < -0.39 is 0 Å². The SMILES string of the molecule is Cc1cccc2c1NC(C)NC2=O. The fourth-order valence-corrected chi connectivity index (χ4v) is 1.58. The first-order valence-corrected chi connectivity index (χ1v) is 4.35. The first-order chi connectivity index (χ1) is 6.18. The maximum atomic E-state index is 11.5. The van der Waals surface area contributed by atoms with E-state index in [-0.39, 0.29) is 12.1 Å². The topological polar surface area (TPSA) is 41.1 Å². The summed E-state index contributed by atoms with van der Waals surface area (Å²) in [5.74, 6) is 0.00458. The highest BCUT2D eigenvalue weighted by Crippen LogP contribution is 2.23. The van der Waals surface area contributed by atoms with Crippen molar-refractivity contribution in [1.29, 1.82) is 0 Å². The van der Waals surface area contributed by atoms with E-state index in [1.54, 1.807) is 0 Å². The van der Waals surface area contributed by atoms with Gasteiger partial charge in [-0.05, 0) is 25.5 Å². The predicted molar refractivity (Wildman–Crippen MR) is 51.7 cm³/mol. The highest BCUT2D eigenvalue weighted by molar-refractivity contribution is 6.02. The molecular formula is C10H12N2O. The number of amides is 1. The Morgan fingerprint density at radius 3 is 2.85 bits per heavy atom. The summed E-state index contributed by atoms with van der Waals surface area (Å²) in [5.41, 5.74) is 2.80. The highest BCUT2D eigenvalue weighted by Gasteiger charge is 2.20. The van der Waals surface area contributed by atoms with Crippen LogP contribution >= 0.6 is 0 Å². The van der Waals surface area contributed by atoms with E-state index in [0.717, 1.165) is 16.8 Å². The maximum absolute atomic E-state index is 11.5. The van der Waals surface area contributed by atoms with Crippen LogP contribution in [0, 0.1) is 6.92 Å². The van der Waals surface area contributed by atoms with Crippen LogP contribution in [0.2, 0.25) is 0 Å².